The molecule has 3 N–H and O–H groups in total. The zero-order valence-electron chi connectivity index (χ0n) is 20.7. The number of benzene rings is 1. The number of hydrogen-bond donors (Lipinski definition) is 3. The van der Waals surface area contributed by atoms with Gasteiger partial charge in [0.2, 0.25) is 5.91 Å². The molecular weight excluding hydrogens is 400 g/mol. The molecule has 1 fully saturated rings. The van der Waals surface area contributed by atoms with E-state index in [-0.39, 0.29) is 24.6 Å². The minimum absolute atomic E-state index is 0.0395. The van der Waals surface area contributed by atoms with Gasteiger partial charge in [0.15, 0.2) is 0 Å². The summed E-state index contributed by atoms with van der Waals surface area (Å²) in [4.78, 5) is 14.7. The van der Waals surface area contributed by atoms with Crippen LogP contribution in [0.2, 0.25) is 0 Å². The lowest BCUT2D eigenvalue weighted by Crippen LogP contribution is -2.59. The first-order valence-corrected chi connectivity index (χ1v) is 12.5. The molecule has 3 atom stereocenters. The summed E-state index contributed by atoms with van der Waals surface area (Å²) in [5, 5.41) is 14.2. The van der Waals surface area contributed by atoms with E-state index in [0.29, 0.717) is 25.6 Å². The zero-order chi connectivity index (χ0) is 23.5. The average Bonchev–Trinajstić information content (AvgIpc) is 3.25. The van der Waals surface area contributed by atoms with Crippen molar-refractivity contribution in [2.45, 2.75) is 84.8 Å². The molecule has 32 heavy (non-hydrogen) atoms. The molecule has 0 bridgehead atoms. The first kappa shape index (κ1) is 26.4. The molecule has 2 aliphatic heterocycles. The maximum Gasteiger partial charge on any atom is 0.234 e. The fourth-order valence-electron chi connectivity index (χ4n) is 4.41. The van der Waals surface area contributed by atoms with Gasteiger partial charge in [-0.2, -0.15) is 0 Å². The second-order valence-electron chi connectivity index (χ2n) is 8.66. The van der Waals surface area contributed by atoms with Crippen LogP contribution in [0.5, 0.6) is 0 Å². The van der Waals surface area contributed by atoms with E-state index in [9.17, 15) is 4.79 Å². The van der Waals surface area contributed by atoms with E-state index in [4.69, 9.17) is 5.11 Å². The number of rotatable bonds is 10. The number of aliphatic hydroxyl groups is 1. The lowest BCUT2D eigenvalue weighted by molar-refractivity contribution is -0.123. The van der Waals surface area contributed by atoms with Crippen LogP contribution in [0.3, 0.4) is 0 Å². The minimum atomic E-state index is 0.0395. The summed E-state index contributed by atoms with van der Waals surface area (Å²) in [6.07, 6.45) is 7.70. The number of amides is 1. The number of hydrazine groups is 1. The predicted octanol–water partition coefficient (Wildman–Crippen LogP) is 3.92. The molecule has 6 heteroatoms. The summed E-state index contributed by atoms with van der Waals surface area (Å²) in [5.74, 6) is 0.0395. The number of carbonyl (C=O) groups is 1. The van der Waals surface area contributed by atoms with Crippen molar-refractivity contribution in [3.8, 4) is 0 Å². The number of hydrogen-bond acceptors (Lipinski definition) is 5. The smallest absolute Gasteiger partial charge is 0.234 e. The van der Waals surface area contributed by atoms with Crippen LogP contribution >= 0.6 is 0 Å². The van der Waals surface area contributed by atoms with Crippen molar-refractivity contribution >= 4 is 5.91 Å². The summed E-state index contributed by atoms with van der Waals surface area (Å²) in [5.41, 5.74) is 7.56. The fourth-order valence-corrected chi connectivity index (χ4v) is 4.41. The molecule has 0 spiro atoms. The van der Waals surface area contributed by atoms with Gasteiger partial charge < -0.3 is 15.4 Å². The van der Waals surface area contributed by atoms with Crippen LogP contribution < -0.4 is 10.7 Å². The highest BCUT2D eigenvalue weighted by Crippen LogP contribution is 2.34. The molecule has 2 heterocycles. The molecule has 2 aliphatic rings. The van der Waals surface area contributed by atoms with E-state index in [1.807, 2.05) is 13.8 Å². The summed E-state index contributed by atoms with van der Waals surface area (Å²) in [6.45, 7) is 12.5. The van der Waals surface area contributed by atoms with E-state index in [1.165, 1.54) is 36.1 Å². The number of piperazine rings is 1. The van der Waals surface area contributed by atoms with Crippen molar-refractivity contribution < 1.29 is 9.90 Å². The highest BCUT2D eigenvalue weighted by Gasteiger charge is 2.40. The first-order valence-electron chi connectivity index (χ1n) is 12.5. The van der Waals surface area contributed by atoms with Crippen LogP contribution in [-0.2, 0) is 4.79 Å². The number of aryl methyl sites for hydroxylation is 1. The number of fused-ring (bicyclic) bond motifs is 1. The highest BCUT2D eigenvalue weighted by molar-refractivity contribution is 5.78. The van der Waals surface area contributed by atoms with Crippen LogP contribution in [0.4, 0.5) is 0 Å². The molecule has 1 saturated heterocycles. The number of nitrogens with one attached hydrogen (secondary N) is 2. The van der Waals surface area contributed by atoms with Crippen molar-refractivity contribution in [1.82, 2.24) is 20.7 Å². The van der Waals surface area contributed by atoms with E-state index >= 15 is 0 Å². The van der Waals surface area contributed by atoms with Gasteiger partial charge in [-0.3, -0.25) is 9.69 Å². The first-order chi connectivity index (χ1) is 15.5. The molecular formula is C26H44N4O2. The van der Waals surface area contributed by atoms with Gasteiger partial charge in [0, 0.05) is 31.4 Å². The summed E-state index contributed by atoms with van der Waals surface area (Å²) in [6, 6.07) is 9.45. The fraction of sp³-hybridized carbons (Fsp3) is 0.654. The number of aliphatic hydroxyl groups excluding tert-OH is 1. The van der Waals surface area contributed by atoms with Gasteiger partial charge in [-0.25, -0.2) is 5.43 Å². The molecule has 1 aromatic rings. The maximum atomic E-state index is 12.4. The SMILES string of the molecule is CC.CCCCCC1CN(CC(=O)NCCCO)C(C)C2=CC(c3ccc(C)cc3)NN21. The van der Waals surface area contributed by atoms with Crippen LogP contribution in [0.15, 0.2) is 36.0 Å². The molecule has 1 amide bonds. The number of carbonyl (C=O) groups excluding carboxylic acids is 1. The monoisotopic (exact) mass is 444 g/mol. The molecule has 0 aromatic heterocycles. The van der Waals surface area contributed by atoms with Crippen molar-refractivity contribution in [1.29, 1.82) is 0 Å². The lowest BCUT2D eigenvalue weighted by Gasteiger charge is -2.46. The number of unbranched alkanes of at least 4 members (excludes halogenated alkanes) is 2. The van der Waals surface area contributed by atoms with E-state index in [2.05, 4.69) is 71.8 Å². The van der Waals surface area contributed by atoms with Crippen molar-refractivity contribution in [3.63, 3.8) is 0 Å². The van der Waals surface area contributed by atoms with Crippen LogP contribution in [0.25, 0.3) is 0 Å². The Bertz CT molecular complexity index is 719. The molecule has 1 aromatic carbocycles. The Balaban J connectivity index is 0.00000176. The number of nitrogens with zero attached hydrogens (tertiary/aromatic N) is 2. The van der Waals surface area contributed by atoms with Crippen LogP contribution in [-0.4, -0.2) is 59.2 Å². The normalized spacial score (nSPS) is 22.6. The largest absolute Gasteiger partial charge is 0.396 e. The van der Waals surface area contributed by atoms with Crippen molar-refractivity contribution in [2.75, 3.05) is 26.2 Å². The summed E-state index contributed by atoms with van der Waals surface area (Å²) >= 11 is 0. The lowest BCUT2D eigenvalue weighted by atomic mass is 9.99. The van der Waals surface area contributed by atoms with Crippen molar-refractivity contribution in [3.05, 3.63) is 47.2 Å². The van der Waals surface area contributed by atoms with Gasteiger partial charge in [-0.1, -0.05) is 69.9 Å². The van der Waals surface area contributed by atoms with Gasteiger partial charge >= 0.3 is 0 Å². The molecule has 6 nitrogen and oxygen atoms in total. The van der Waals surface area contributed by atoms with E-state index < -0.39 is 0 Å². The molecule has 0 radical (unpaired) electrons. The molecule has 3 rings (SSSR count). The maximum absolute atomic E-state index is 12.4. The highest BCUT2D eigenvalue weighted by atomic mass is 16.3. The standard InChI is InChI=1S/C24H38N4O2.C2H6/c1-4-5-6-8-21-16-27(17-24(30)25-13-7-14-29)19(3)23-15-22(26-28(21)23)20-11-9-18(2)10-12-20;1-2/h9-12,15,19,21-22,26,29H,4-8,13-14,16-17H2,1-3H3,(H,25,30);1-2H3. The third-order valence-corrected chi connectivity index (χ3v) is 6.26. The van der Waals surface area contributed by atoms with E-state index in [0.717, 1.165) is 13.0 Å². The predicted molar refractivity (Wildman–Crippen MR) is 132 cm³/mol. The molecule has 0 saturated carbocycles. The second kappa shape index (κ2) is 13.6. The molecule has 3 unspecified atom stereocenters. The third kappa shape index (κ3) is 7.06. The Kier molecular flexibility index (Phi) is 11.2. The topological polar surface area (TPSA) is 67.8 Å². The van der Waals surface area contributed by atoms with E-state index in [1.54, 1.807) is 0 Å². The minimum Gasteiger partial charge on any atom is -0.396 e. The third-order valence-electron chi connectivity index (χ3n) is 6.26. The van der Waals surface area contributed by atoms with Gasteiger partial charge in [-0.05, 0) is 38.3 Å². The summed E-state index contributed by atoms with van der Waals surface area (Å²) < 4.78 is 0. The Labute approximate surface area is 195 Å². The average molecular weight is 445 g/mol. The van der Waals surface area contributed by atoms with Gasteiger partial charge in [-0.15, -0.1) is 0 Å². The quantitative estimate of drug-likeness (QED) is 0.477. The van der Waals surface area contributed by atoms with Gasteiger partial charge in [0.25, 0.3) is 0 Å². The Morgan fingerprint density at radius 1 is 1.19 bits per heavy atom. The summed E-state index contributed by atoms with van der Waals surface area (Å²) in [7, 11) is 0. The van der Waals surface area contributed by atoms with Gasteiger partial charge in [0.05, 0.1) is 18.6 Å². The van der Waals surface area contributed by atoms with Crippen molar-refractivity contribution in [2.24, 2.45) is 0 Å². The zero-order valence-corrected chi connectivity index (χ0v) is 20.7. The van der Waals surface area contributed by atoms with Crippen LogP contribution in [0, 0.1) is 6.92 Å². The Morgan fingerprint density at radius 2 is 1.91 bits per heavy atom. The van der Waals surface area contributed by atoms with Crippen LogP contribution in [0.1, 0.15) is 77.0 Å². The molecule has 0 aliphatic carbocycles. The Morgan fingerprint density at radius 3 is 2.56 bits per heavy atom. The second-order valence-corrected chi connectivity index (χ2v) is 8.66. The Hall–Kier alpha value is -1.89. The molecule has 180 valence electrons. The van der Waals surface area contributed by atoms with Gasteiger partial charge in [0.1, 0.15) is 0 Å².